The van der Waals surface area contributed by atoms with E-state index < -0.39 is 26.3 Å². The first-order chi connectivity index (χ1) is 23.6. The number of fused-ring (bicyclic) bond motifs is 4. The van der Waals surface area contributed by atoms with Gasteiger partial charge < -0.3 is 29.2 Å². The highest BCUT2D eigenvalue weighted by molar-refractivity contribution is 6.74. The second kappa shape index (κ2) is 13.9. The fourth-order valence-electron chi connectivity index (χ4n) is 8.27. The molecule has 272 valence electrons. The Hall–Kier alpha value is -2.85. The van der Waals surface area contributed by atoms with Crippen molar-refractivity contribution in [3.05, 3.63) is 70.3 Å². The molecule has 6 rings (SSSR count). The average Bonchev–Trinajstić information content (AvgIpc) is 3.19. The lowest BCUT2D eigenvalue weighted by Gasteiger charge is -2.48. The second-order valence-corrected chi connectivity index (χ2v) is 22.1. The van der Waals surface area contributed by atoms with Crippen LogP contribution in [0.2, 0.25) is 23.2 Å². The van der Waals surface area contributed by atoms with Gasteiger partial charge in [0.2, 0.25) is 5.91 Å². The molecule has 2 aliphatic heterocycles. The van der Waals surface area contributed by atoms with E-state index in [0.29, 0.717) is 49.3 Å². The molecular formula is C40H55ClN2O6Si. The minimum absolute atomic E-state index is 0.0295. The maximum absolute atomic E-state index is 13.6. The lowest BCUT2D eigenvalue weighted by Crippen LogP contribution is -2.52. The SMILES string of the molecule is CN1CC/C=C/[C@H](O[Si](C)(C)C(C)(C)C)[C@@H]2CC[C@H]2CN2C[C@@]3(CCCc4cc(Cl)ccc43)COc3ccc(cc32)[C@@](CO)(C(=O)O)CC1=O. The zero-order valence-electron chi connectivity index (χ0n) is 30.6. The number of amides is 1. The number of aliphatic hydroxyl groups excluding tert-OH is 1. The van der Waals surface area contributed by atoms with Crippen LogP contribution in [0, 0.1) is 11.8 Å². The number of aliphatic hydroxyl groups is 1. The summed E-state index contributed by atoms with van der Waals surface area (Å²) in [5, 5.41) is 22.2. The molecule has 2 aromatic carbocycles. The summed E-state index contributed by atoms with van der Waals surface area (Å²) >= 11 is 6.49. The molecule has 1 fully saturated rings. The fraction of sp³-hybridized carbons (Fsp3) is 0.600. The van der Waals surface area contributed by atoms with E-state index in [2.05, 4.69) is 63.0 Å². The third kappa shape index (κ3) is 6.87. The zero-order chi connectivity index (χ0) is 36.1. The van der Waals surface area contributed by atoms with E-state index in [1.54, 1.807) is 18.0 Å². The first-order valence-corrected chi connectivity index (χ1v) is 21.6. The van der Waals surface area contributed by atoms with Crippen molar-refractivity contribution >= 4 is 37.5 Å². The molecule has 0 saturated heterocycles. The van der Waals surface area contributed by atoms with Crippen molar-refractivity contribution in [2.75, 3.05) is 44.8 Å². The fourth-order valence-corrected chi connectivity index (χ4v) is 9.75. The summed E-state index contributed by atoms with van der Waals surface area (Å²) in [5.41, 5.74) is 1.67. The highest BCUT2D eigenvalue weighted by Crippen LogP contribution is 2.49. The number of carboxylic acid groups (broad SMARTS) is 1. The van der Waals surface area contributed by atoms with Gasteiger partial charge in [0, 0.05) is 43.5 Å². The molecule has 2 bridgehead atoms. The van der Waals surface area contributed by atoms with Gasteiger partial charge in [-0.1, -0.05) is 56.7 Å². The predicted octanol–water partition coefficient (Wildman–Crippen LogP) is 7.35. The number of hydrogen-bond acceptors (Lipinski definition) is 6. The van der Waals surface area contributed by atoms with Crippen LogP contribution in [0.3, 0.4) is 0 Å². The number of hydrogen-bond donors (Lipinski definition) is 2. The van der Waals surface area contributed by atoms with Crippen LogP contribution in [0.1, 0.15) is 76.0 Å². The molecule has 4 aliphatic rings. The van der Waals surface area contributed by atoms with Crippen LogP contribution >= 0.6 is 11.6 Å². The highest BCUT2D eigenvalue weighted by Gasteiger charge is 2.48. The Morgan fingerprint density at radius 2 is 1.94 bits per heavy atom. The van der Waals surface area contributed by atoms with Crippen LogP contribution in [0.4, 0.5) is 5.69 Å². The number of carbonyl (C=O) groups excluding carboxylic acids is 1. The average molecular weight is 723 g/mol. The number of nitrogens with zero attached hydrogens (tertiary/aromatic N) is 2. The van der Waals surface area contributed by atoms with Crippen molar-refractivity contribution in [1.29, 1.82) is 0 Å². The van der Waals surface area contributed by atoms with E-state index >= 15 is 0 Å². The first-order valence-electron chi connectivity index (χ1n) is 18.3. The number of aliphatic carboxylic acids is 1. The van der Waals surface area contributed by atoms with Gasteiger partial charge in [0.25, 0.3) is 0 Å². The molecule has 1 amide bonds. The van der Waals surface area contributed by atoms with Gasteiger partial charge in [-0.05, 0) is 109 Å². The number of anilines is 1. The Bertz CT molecular complexity index is 1640. The van der Waals surface area contributed by atoms with Crippen LogP contribution in [0.25, 0.3) is 0 Å². The molecule has 50 heavy (non-hydrogen) atoms. The highest BCUT2D eigenvalue weighted by atomic mass is 35.5. The largest absolute Gasteiger partial charge is 0.490 e. The molecule has 2 aromatic rings. The van der Waals surface area contributed by atoms with Gasteiger partial charge in [-0.3, -0.25) is 9.59 Å². The first kappa shape index (κ1) is 36.9. The number of ether oxygens (including phenoxy) is 1. The van der Waals surface area contributed by atoms with Gasteiger partial charge in [-0.2, -0.15) is 0 Å². The number of benzene rings is 2. The van der Waals surface area contributed by atoms with Crippen molar-refractivity contribution in [3.8, 4) is 5.75 Å². The third-order valence-electron chi connectivity index (χ3n) is 12.7. The summed E-state index contributed by atoms with van der Waals surface area (Å²) in [6.07, 6.45) is 9.73. The normalized spacial score (nSPS) is 29.7. The molecule has 0 radical (unpaired) electrons. The van der Waals surface area contributed by atoms with Crippen LogP contribution in [0.15, 0.2) is 48.6 Å². The predicted molar refractivity (Wildman–Crippen MR) is 201 cm³/mol. The van der Waals surface area contributed by atoms with Crippen LogP contribution < -0.4 is 9.64 Å². The molecule has 5 atom stereocenters. The van der Waals surface area contributed by atoms with Crippen LogP contribution in [-0.2, 0) is 31.3 Å². The second-order valence-electron chi connectivity index (χ2n) is 16.9. The number of rotatable bonds is 4. The van der Waals surface area contributed by atoms with Crippen molar-refractivity contribution in [2.45, 2.75) is 101 Å². The Labute approximate surface area is 303 Å². The Morgan fingerprint density at radius 3 is 2.62 bits per heavy atom. The monoisotopic (exact) mass is 722 g/mol. The molecule has 1 saturated carbocycles. The van der Waals surface area contributed by atoms with Crippen LogP contribution in [-0.4, -0.2) is 81.3 Å². The van der Waals surface area contributed by atoms with E-state index in [0.717, 1.165) is 49.4 Å². The maximum Gasteiger partial charge on any atom is 0.317 e. The van der Waals surface area contributed by atoms with E-state index in [1.165, 1.54) is 11.1 Å². The standard InChI is InChI=1S/C40H55ClN2O6Si/c1-38(2,3)50(5,6)49-34-11-7-8-19-42(4)36(45)22-40(25-44,37(46)47)29-13-17-35-33(21-29)43(23-28-12-15-31(28)34)24-39(26-48-35)18-9-10-27-20-30(41)14-16-32(27)39/h7,11,13-14,16-17,20-21,28,31,34,44H,8-10,12,15,18-19,22-26H2,1-6H3,(H,46,47)/b11-7+/t28-,31+,34-,39-,40+/m0/s1. The van der Waals surface area contributed by atoms with Gasteiger partial charge in [0.05, 0.1) is 25.0 Å². The van der Waals surface area contributed by atoms with Crippen molar-refractivity contribution in [1.82, 2.24) is 4.90 Å². The molecule has 8 nitrogen and oxygen atoms in total. The smallest absolute Gasteiger partial charge is 0.317 e. The number of halogens is 1. The number of carboxylic acids is 1. The summed E-state index contributed by atoms with van der Waals surface area (Å²) in [5.74, 6) is -0.170. The van der Waals surface area contributed by atoms with Gasteiger partial charge in [0.1, 0.15) is 11.2 Å². The van der Waals surface area contributed by atoms with Gasteiger partial charge in [-0.25, -0.2) is 0 Å². The minimum Gasteiger partial charge on any atom is -0.490 e. The third-order valence-corrected chi connectivity index (χ3v) is 17.4. The summed E-state index contributed by atoms with van der Waals surface area (Å²) in [7, 11) is -0.401. The van der Waals surface area contributed by atoms with Crippen molar-refractivity contribution in [2.24, 2.45) is 11.8 Å². The molecule has 0 unspecified atom stereocenters. The van der Waals surface area contributed by atoms with Crippen molar-refractivity contribution in [3.63, 3.8) is 0 Å². The number of carbonyl (C=O) groups is 2. The van der Waals surface area contributed by atoms with Gasteiger partial charge >= 0.3 is 5.97 Å². The van der Waals surface area contributed by atoms with Crippen LogP contribution in [0.5, 0.6) is 5.75 Å². The molecule has 2 aliphatic carbocycles. The molecule has 1 spiro atoms. The number of aryl methyl sites for hydroxylation is 1. The maximum atomic E-state index is 13.6. The van der Waals surface area contributed by atoms with E-state index in [-0.39, 0.29) is 28.9 Å². The molecule has 2 N–H and O–H groups in total. The molecule has 0 aromatic heterocycles. The van der Waals surface area contributed by atoms with E-state index in [4.69, 9.17) is 20.8 Å². The lowest BCUT2D eigenvalue weighted by molar-refractivity contribution is -0.149. The summed E-state index contributed by atoms with van der Waals surface area (Å²) in [6, 6.07) is 11.7. The Morgan fingerprint density at radius 1 is 1.16 bits per heavy atom. The molecular weight excluding hydrogens is 668 g/mol. The van der Waals surface area contributed by atoms with Crippen molar-refractivity contribution < 1.29 is 29.0 Å². The lowest BCUT2D eigenvalue weighted by atomic mass is 9.68. The topological polar surface area (TPSA) is 99.5 Å². The van der Waals surface area contributed by atoms with E-state index in [9.17, 15) is 19.8 Å². The quantitative estimate of drug-likeness (QED) is 0.252. The van der Waals surface area contributed by atoms with E-state index in [1.807, 2.05) is 18.2 Å². The van der Waals surface area contributed by atoms with Gasteiger partial charge in [0.15, 0.2) is 8.32 Å². The summed E-state index contributed by atoms with van der Waals surface area (Å²) < 4.78 is 13.9. The molecule has 10 heteroatoms. The van der Waals surface area contributed by atoms with Gasteiger partial charge in [-0.15, -0.1) is 0 Å². The minimum atomic E-state index is -2.11. The Kier molecular flexibility index (Phi) is 10.3. The summed E-state index contributed by atoms with van der Waals surface area (Å²) in [6.45, 7) is 13.2. The Balaban J connectivity index is 1.47. The zero-order valence-corrected chi connectivity index (χ0v) is 32.4. The molecule has 2 heterocycles. The summed E-state index contributed by atoms with van der Waals surface area (Å²) in [4.78, 5) is 30.7.